The standard InChI is InChI=1S/C5H6Br2Cl2O2/c6-3(2-11-9)1-4(7)5(8)10/h3-4H,1-2H2. The summed E-state index contributed by atoms with van der Waals surface area (Å²) in [7, 11) is 0. The molecule has 0 aliphatic carbocycles. The van der Waals surface area contributed by atoms with E-state index >= 15 is 0 Å². The number of halogens is 4. The lowest BCUT2D eigenvalue weighted by Crippen LogP contribution is -2.16. The van der Waals surface area contributed by atoms with Gasteiger partial charge in [0.1, 0.15) is 0 Å². The van der Waals surface area contributed by atoms with Crippen LogP contribution in [0.5, 0.6) is 0 Å². The van der Waals surface area contributed by atoms with E-state index in [9.17, 15) is 4.79 Å². The van der Waals surface area contributed by atoms with Gasteiger partial charge in [-0.3, -0.25) is 9.08 Å². The van der Waals surface area contributed by atoms with Gasteiger partial charge in [0.05, 0.1) is 23.3 Å². The molecule has 0 fully saturated rings. The summed E-state index contributed by atoms with van der Waals surface area (Å²) in [6, 6.07) is 0. The summed E-state index contributed by atoms with van der Waals surface area (Å²) in [5, 5.41) is -0.413. The van der Waals surface area contributed by atoms with Gasteiger partial charge in [0, 0.05) is 4.83 Å². The lowest BCUT2D eigenvalue weighted by atomic mass is 10.2. The van der Waals surface area contributed by atoms with E-state index < -0.39 is 5.24 Å². The Labute approximate surface area is 92.0 Å². The van der Waals surface area contributed by atoms with E-state index in [0.717, 1.165) is 0 Å². The summed E-state index contributed by atoms with van der Waals surface area (Å²) >= 11 is 16.5. The largest absolute Gasteiger partial charge is 0.280 e. The monoisotopic (exact) mass is 326 g/mol. The number of alkyl halides is 2. The summed E-state index contributed by atoms with van der Waals surface area (Å²) in [5.74, 6) is 0. The van der Waals surface area contributed by atoms with Gasteiger partial charge in [0.15, 0.2) is 0 Å². The Morgan fingerprint density at radius 3 is 2.45 bits per heavy atom. The topological polar surface area (TPSA) is 26.3 Å². The van der Waals surface area contributed by atoms with Crippen molar-refractivity contribution in [3.05, 3.63) is 0 Å². The molecule has 0 bridgehead atoms. The number of hydrogen-bond acceptors (Lipinski definition) is 2. The smallest absolute Gasteiger partial charge is 0.235 e. The van der Waals surface area contributed by atoms with Crippen molar-refractivity contribution in [3.63, 3.8) is 0 Å². The number of rotatable bonds is 5. The van der Waals surface area contributed by atoms with Crippen molar-refractivity contribution in [1.29, 1.82) is 0 Å². The fourth-order valence-corrected chi connectivity index (χ4v) is 2.31. The maximum Gasteiger partial charge on any atom is 0.235 e. The third-order valence-corrected chi connectivity index (χ3v) is 3.03. The number of carbonyl (C=O) groups excluding carboxylic acids is 1. The molecule has 0 saturated heterocycles. The molecule has 0 aromatic rings. The van der Waals surface area contributed by atoms with Crippen LogP contribution in [0.4, 0.5) is 0 Å². The van der Waals surface area contributed by atoms with Gasteiger partial charge >= 0.3 is 0 Å². The minimum atomic E-state index is -0.413. The maximum absolute atomic E-state index is 10.5. The van der Waals surface area contributed by atoms with Crippen LogP contribution in [0, 0.1) is 0 Å². The van der Waals surface area contributed by atoms with E-state index in [0.29, 0.717) is 13.0 Å². The second kappa shape index (κ2) is 6.66. The average molecular weight is 329 g/mol. The van der Waals surface area contributed by atoms with Crippen molar-refractivity contribution >= 4 is 60.6 Å². The Morgan fingerprint density at radius 2 is 2.09 bits per heavy atom. The highest BCUT2D eigenvalue weighted by Gasteiger charge is 2.16. The normalized spacial score (nSPS) is 16.0. The fourth-order valence-electron chi connectivity index (χ4n) is 0.454. The molecule has 0 aromatic carbocycles. The summed E-state index contributed by atoms with van der Waals surface area (Å²) in [5.41, 5.74) is 0. The summed E-state index contributed by atoms with van der Waals surface area (Å²) in [6.45, 7) is 0.341. The molecular formula is C5H6Br2Cl2O2. The highest BCUT2D eigenvalue weighted by atomic mass is 79.9. The second-order valence-corrected chi connectivity index (χ2v) is 4.87. The molecule has 0 amide bonds. The Bertz CT molecular complexity index is 134. The van der Waals surface area contributed by atoms with Crippen LogP contribution in [0.3, 0.4) is 0 Å². The zero-order valence-electron chi connectivity index (χ0n) is 5.40. The first-order valence-corrected chi connectivity index (χ1v) is 5.30. The van der Waals surface area contributed by atoms with E-state index in [-0.39, 0.29) is 9.65 Å². The molecule has 11 heavy (non-hydrogen) atoms. The minimum absolute atomic E-state index is 0.0343. The van der Waals surface area contributed by atoms with Gasteiger partial charge in [0.2, 0.25) is 5.24 Å². The summed E-state index contributed by atoms with van der Waals surface area (Å²) < 4.78 is 4.33. The summed E-state index contributed by atoms with van der Waals surface area (Å²) in [6.07, 6.45) is 0.551. The molecule has 0 aromatic heterocycles. The van der Waals surface area contributed by atoms with Crippen LogP contribution in [0.2, 0.25) is 0 Å². The molecule has 0 aliphatic heterocycles. The van der Waals surface area contributed by atoms with Crippen molar-refractivity contribution in [2.24, 2.45) is 0 Å². The van der Waals surface area contributed by atoms with Gasteiger partial charge in [-0.1, -0.05) is 31.9 Å². The molecule has 0 spiro atoms. The Kier molecular flexibility index (Phi) is 7.37. The zero-order valence-corrected chi connectivity index (χ0v) is 10.1. The minimum Gasteiger partial charge on any atom is -0.280 e. The SMILES string of the molecule is O=C(Cl)C(Br)CC(Br)COCl. The molecule has 66 valence electrons. The first-order chi connectivity index (χ1) is 5.07. The van der Waals surface area contributed by atoms with Crippen LogP contribution in [-0.4, -0.2) is 21.5 Å². The van der Waals surface area contributed by atoms with Crippen molar-refractivity contribution in [2.45, 2.75) is 16.1 Å². The Balaban J connectivity index is 3.56. The molecule has 0 N–H and O–H groups in total. The van der Waals surface area contributed by atoms with Gasteiger partial charge in [-0.2, -0.15) is 0 Å². The molecule has 0 heterocycles. The van der Waals surface area contributed by atoms with Crippen LogP contribution in [-0.2, 0) is 9.08 Å². The number of carbonyl (C=O) groups is 1. The van der Waals surface area contributed by atoms with Gasteiger partial charge in [-0.05, 0) is 18.0 Å². The lowest BCUT2D eigenvalue weighted by molar-refractivity contribution is -0.111. The average Bonchev–Trinajstić information content (AvgIpc) is 1.87. The Morgan fingerprint density at radius 1 is 1.55 bits per heavy atom. The molecule has 0 radical (unpaired) electrons. The van der Waals surface area contributed by atoms with Gasteiger partial charge < -0.3 is 0 Å². The molecule has 0 rings (SSSR count). The van der Waals surface area contributed by atoms with E-state index in [4.69, 9.17) is 23.5 Å². The van der Waals surface area contributed by atoms with E-state index in [1.165, 1.54) is 0 Å². The molecule has 0 saturated carbocycles. The molecule has 2 atom stereocenters. The lowest BCUT2D eigenvalue weighted by Gasteiger charge is -2.08. The first kappa shape index (κ1) is 12.2. The van der Waals surface area contributed by atoms with Crippen molar-refractivity contribution in [3.8, 4) is 0 Å². The maximum atomic E-state index is 10.5. The van der Waals surface area contributed by atoms with Crippen LogP contribution in [0.25, 0.3) is 0 Å². The van der Waals surface area contributed by atoms with E-state index in [2.05, 4.69) is 36.1 Å². The third kappa shape index (κ3) is 6.34. The van der Waals surface area contributed by atoms with E-state index in [1.54, 1.807) is 0 Å². The van der Waals surface area contributed by atoms with Crippen LogP contribution in [0.1, 0.15) is 6.42 Å². The highest BCUT2D eigenvalue weighted by molar-refractivity contribution is 9.10. The van der Waals surface area contributed by atoms with E-state index in [1.807, 2.05) is 0 Å². The molecule has 2 nitrogen and oxygen atoms in total. The Hall–Kier alpha value is 1.17. The molecule has 6 heteroatoms. The van der Waals surface area contributed by atoms with Gasteiger partial charge in [0.25, 0.3) is 0 Å². The molecule has 2 unspecified atom stereocenters. The third-order valence-electron chi connectivity index (χ3n) is 0.953. The number of hydrogen-bond donors (Lipinski definition) is 0. The second-order valence-electron chi connectivity index (χ2n) is 1.88. The van der Waals surface area contributed by atoms with Crippen molar-refractivity contribution in [1.82, 2.24) is 0 Å². The molecular weight excluding hydrogens is 323 g/mol. The summed E-state index contributed by atoms with van der Waals surface area (Å²) in [4.78, 5) is 10.2. The highest BCUT2D eigenvalue weighted by Crippen LogP contribution is 2.17. The van der Waals surface area contributed by atoms with Crippen LogP contribution in [0.15, 0.2) is 0 Å². The van der Waals surface area contributed by atoms with Gasteiger partial charge in [-0.25, -0.2) is 0 Å². The van der Waals surface area contributed by atoms with Crippen LogP contribution >= 0.6 is 55.3 Å². The van der Waals surface area contributed by atoms with Crippen molar-refractivity contribution < 1.29 is 9.08 Å². The predicted octanol–water partition coefficient (Wildman–Crippen LogP) is 2.84. The zero-order chi connectivity index (χ0) is 8.85. The predicted molar refractivity (Wildman–Crippen MR) is 52.7 cm³/mol. The van der Waals surface area contributed by atoms with Crippen molar-refractivity contribution in [2.75, 3.05) is 6.61 Å². The van der Waals surface area contributed by atoms with Crippen LogP contribution < -0.4 is 0 Å². The fraction of sp³-hybridized carbons (Fsp3) is 0.800. The molecule has 0 aliphatic rings. The van der Waals surface area contributed by atoms with Gasteiger partial charge in [-0.15, -0.1) is 0 Å². The first-order valence-electron chi connectivity index (χ1n) is 2.79. The quantitative estimate of drug-likeness (QED) is 0.573.